The Kier molecular flexibility index (Phi) is 4.36. The molecular weight excluding hydrogens is 372 g/mol. The third-order valence-electron chi connectivity index (χ3n) is 3.95. The number of rotatable bonds is 4. The van der Waals surface area contributed by atoms with E-state index >= 15 is 0 Å². The van der Waals surface area contributed by atoms with Gasteiger partial charge in [0, 0.05) is 36.0 Å². The van der Waals surface area contributed by atoms with Crippen molar-refractivity contribution in [3.63, 3.8) is 0 Å². The highest BCUT2D eigenvalue weighted by Crippen LogP contribution is 2.24. The van der Waals surface area contributed by atoms with Crippen LogP contribution in [-0.4, -0.2) is 25.5 Å². The van der Waals surface area contributed by atoms with Gasteiger partial charge in [-0.2, -0.15) is 5.10 Å². The monoisotopic (exact) mass is 385 g/mol. The molecule has 1 aromatic carbocycles. The van der Waals surface area contributed by atoms with Crippen molar-refractivity contribution in [1.29, 1.82) is 0 Å². The van der Waals surface area contributed by atoms with E-state index in [-0.39, 0.29) is 12.3 Å². The molecule has 136 valence electrons. The number of amides is 1. The third kappa shape index (κ3) is 3.41. The Morgan fingerprint density at radius 1 is 1.30 bits per heavy atom. The van der Waals surface area contributed by atoms with Crippen molar-refractivity contribution in [2.24, 2.45) is 0 Å². The second-order valence-electron chi connectivity index (χ2n) is 5.85. The molecule has 4 rings (SSSR count). The number of hydrogen-bond donors (Lipinski definition) is 1. The number of aromatic nitrogens is 4. The van der Waals surface area contributed by atoms with Gasteiger partial charge in [0.25, 0.3) is 5.91 Å². The summed E-state index contributed by atoms with van der Waals surface area (Å²) in [5.74, 6) is -1.59. The molecule has 9 heteroatoms. The van der Waals surface area contributed by atoms with Crippen molar-refractivity contribution in [1.82, 2.24) is 19.6 Å². The highest BCUT2D eigenvalue weighted by Gasteiger charge is 2.19. The van der Waals surface area contributed by atoms with Gasteiger partial charge in [-0.15, -0.1) is 11.3 Å². The highest BCUT2D eigenvalue weighted by molar-refractivity contribution is 7.15. The van der Waals surface area contributed by atoms with Gasteiger partial charge in [0.05, 0.1) is 5.69 Å². The summed E-state index contributed by atoms with van der Waals surface area (Å²) in [6.45, 7) is 1.73. The van der Waals surface area contributed by atoms with Crippen LogP contribution in [0.2, 0.25) is 0 Å². The molecule has 6 nitrogen and oxygen atoms in total. The standard InChI is InChI=1S/C18H13F2N5OS/c1-10-15(16-21-5-2-6-25(16)24-10)17(26)23-18-22-9-13(27-18)7-11-3-4-12(19)8-14(11)20/h2-6,8-9H,7H2,1H3,(H,22,23,26). The fourth-order valence-electron chi connectivity index (χ4n) is 2.72. The van der Waals surface area contributed by atoms with Crippen molar-refractivity contribution in [3.05, 3.63) is 76.2 Å². The molecule has 3 aromatic heterocycles. The lowest BCUT2D eigenvalue weighted by Crippen LogP contribution is -2.13. The molecule has 0 fully saturated rings. The number of fused-ring (bicyclic) bond motifs is 1. The first-order valence-corrected chi connectivity index (χ1v) is 8.83. The average Bonchev–Trinajstić information content (AvgIpc) is 3.20. The lowest BCUT2D eigenvalue weighted by Gasteiger charge is -2.01. The van der Waals surface area contributed by atoms with Crippen LogP contribution in [0.1, 0.15) is 26.5 Å². The number of nitrogens with one attached hydrogen (secondary N) is 1. The zero-order chi connectivity index (χ0) is 19.0. The first-order valence-electron chi connectivity index (χ1n) is 8.01. The van der Waals surface area contributed by atoms with E-state index in [9.17, 15) is 13.6 Å². The zero-order valence-corrected chi connectivity index (χ0v) is 14.9. The van der Waals surface area contributed by atoms with E-state index in [2.05, 4.69) is 20.4 Å². The molecule has 3 heterocycles. The van der Waals surface area contributed by atoms with E-state index in [1.165, 1.54) is 28.0 Å². The second kappa shape index (κ2) is 6.84. The molecule has 0 atom stereocenters. The van der Waals surface area contributed by atoms with Crippen molar-refractivity contribution in [2.75, 3.05) is 5.32 Å². The zero-order valence-electron chi connectivity index (χ0n) is 14.1. The molecular formula is C18H13F2N5OS. The smallest absolute Gasteiger partial charge is 0.263 e. The van der Waals surface area contributed by atoms with Crippen LogP contribution in [0.4, 0.5) is 13.9 Å². The molecule has 27 heavy (non-hydrogen) atoms. The second-order valence-corrected chi connectivity index (χ2v) is 6.96. The van der Waals surface area contributed by atoms with E-state index in [0.717, 1.165) is 10.9 Å². The summed E-state index contributed by atoms with van der Waals surface area (Å²) in [5.41, 5.74) is 1.74. The Balaban J connectivity index is 1.53. The van der Waals surface area contributed by atoms with Crippen LogP contribution in [0, 0.1) is 18.6 Å². The van der Waals surface area contributed by atoms with Crippen LogP contribution in [0.5, 0.6) is 0 Å². The van der Waals surface area contributed by atoms with Gasteiger partial charge in [-0.05, 0) is 24.6 Å². The van der Waals surface area contributed by atoms with Crippen LogP contribution < -0.4 is 5.32 Å². The van der Waals surface area contributed by atoms with Gasteiger partial charge in [0.15, 0.2) is 10.8 Å². The molecule has 0 aliphatic heterocycles. The summed E-state index contributed by atoms with van der Waals surface area (Å²) in [4.78, 5) is 21.7. The molecule has 0 unspecified atom stereocenters. The van der Waals surface area contributed by atoms with Gasteiger partial charge < -0.3 is 0 Å². The maximum Gasteiger partial charge on any atom is 0.263 e. The van der Waals surface area contributed by atoms with Crippen LogP contribution in [0.3, 0.4) is 0 Å². The summed E-state index contributed by atoms with van der Waals surface area (Å²) in [7, 11) is 0. The Hall–Kier alpha value is -3.20. The minimum atomic E-state index is -0.620. The lowest BCUT2D eigenvalue weighted by molar-refractivity contribution is 0.102. The molecule has 1 amide bonds. The summed E-state index contributed by atoms with van der Waals surface area (Å²) in [5, 5.41) is 7.37. The molecule has 0 radical (unpaired) electrons. The highest BCUT2D eigenvalue weighted by atomic mass is 32.1. The summed E-state index contributed by atoms with van der Waals surface area (Å²) >= 11 is 1.23. The van der Waals surface area contributed by atoms with Gasteiger partial charge in [0.2, 0.25) is 0 Å². The maximum absolute atomic E-state index is 13.8. The first kappa shape index (κ1) is 17.2. The number of carbonyl (C=O) groups is 1. The maximum atomic E-state index is 13.8. The van der Waals surface area contributed by atoms with Crippen molar-refractivity contribution >= 4 is 28.0 Å². The number of hydrogen-bond acceptors (Lipinski definition) is 5. The molecule has 4 aromatic rings. The van der Waals surface area contributed by atoms with Crippen LogP contribution >= 0.6 is 11.3 Å². The third-order valence-corrected chi connectivity index (χ3v) is 4.86. The Bertz CT molecular complexity index is 1150. The minimum Gasteiger partial charge on any atom is -0.298 e. The predicted octanol–water partition coefficient (Wildman–Crippen LogP) is 3.62. The van der Waals surface area contributed by atoms with E-state index in [4.69, 9.17) is 0 Å². The molecule has 0 saturated heterocycles. The Morgan fingerprint density at radius 2 is 2.15 bits per heavy atom. The number of thiazole rings is 1. The molecule has 0 bridgehead atoms. The van der Waals surface area contributed by atoms with E-state index in [0.29, 0.717) is 27.6 Å². The minimum absolute atomic E-state index is 0.261. The predicted molar refractivity (Wildman–Crippen MR) is 97.0 cm³/mol. The lowest BCUT2D eigenvalue weighted by atomic mass is 10.1. The van der Waals surface area contributed by atoms with E-state index in [1.54, 1.807) is 31.6 Å². The van der Waals surface area contributed by atoms with E-state index in [1.807, 2.05) is 0 Å². The van der Waals surface area contributed by atoms with Gasteiger partial charge in [-0.1, -0.05) is 6.07 Å². The fraction of sp³-hybridized carbons (Fsp3) is 0.111. The number of carbonyl (C=O) groups excluding carboxylic acids is 1. The topological polar surface area (TPSA) is 72.2 Å². The number of aryl methyl sites for hydroxylation is 1. The van der Waals surface area contributed by atoms with Crippen LogP contribution in [-0.2, 0) is 6.42 Å². The van der Waals surface area contributed by atoms with Crippen molar-refractivity contribution in [3.8, 4) is 0 Å². The molecule has 0 aliphatic rings. The molecule has 0 saturated carbocycles. The number of nitrogens with zero attached hydrogens (tertiary/aromatic N) is 4. The van der Waals surface area contributed by atoms with Crippen molar-refractivity contribution in [2.45, 2.75) is 13.3 Å². The van der Waals surface area contributed by atoms with Gasteiger partial charge in [-0.25, -0.2) is 23.3 Å². The SMILES string of the molecule is Cc1nn2cccnc2c1C(=O)Nc1ncc(Cc2ccc(F)cc2F)s1. The van der Waals surface area contributed by atoms with Crippen LogP contribution in [0.25, 0.3) is 5.65 Å². The summed E-state index contributed by atoms with van der Waals surface area (Å²) in [6.07, 6.45) is 5.12. The van der Waals surface area contributed by atoms with Gasteiger partial charge in [-0.3, -0.25) is 10.1 Å². The number of benzene rings is 1. The Morgan fingerprint density at radius 3 is 2.96 bits per heavy atom. The normalized spacial score (nSPS) is 11.1. The van der Waals surface area contributed by atoms with Crippen LogP contribution in [0.15, 0.2) is 42.9 Å². The van der Waals surface area contributed by atoms with Crippen molar-refractivity contribution < 1.29 is 13.6 Å². The molecule has 0 aliphatic carbocycles. The average molecular weight is 385 g/mol. The summed E-state index contributed by atoms with van der Waals surface area (Å²) in [6, 6.07) is 5.18. The number of halogens is 2. The van der Waals surface area contributed by atoms with E-state index < -0.39 is 11.6 Å². The number of anilines is 1. The van der Waals surface area contributed by atoms with Gasteiger partial charge >= 0.3 is 0 Å². The Labute approximate surface area is 156 Å². The largest absolute Gasteiger partial charge is 0.298 e. The quantitative estimate of drug-likeness (QED) is 0.582. The summed E-state index contributed by atoms with van der Waals surface area (Å²) < 4.78 is 28.3. The first-order chi connectivity index (χ1) is 13.0. The van der Waals surface area contributed by atoms with Gasteiger partial charge in [0.1, 0.15) is 17.2 Å². The molecule has 1 N–H and O–H groups in total. The molecule has 0 spiro atoms. The fourth-order valence-corrected chi connectivity index (χ4v) is 3.55.